The minimum absolute atomic E-state index is 0.132. The molecule has 0 bridgehead atoms. The maximum absolute atomic E-state index is 12.6. The molecule has 2 amide bonds. The first-order valence-corrected chi connectivity index (χ1v) is 8.10. The highest BCUT2D eigenvalue weighted by Crippen LogP contribution is 2.30. The lowest BCUT2D eigenvalue weighted by Crippen LogP contribution is -2.48. The van der Waals surface area contributed by atoms with Crippen LogP contribution >= 0.6 is 0 Å². The molecule has 22 heavy (non-hydrogen) atoms. The lowest BCUT2D eigenvalue weighted by Gasteiger charge is -2.30. The average Bonchev–Trinajstić information content (AvgIpc) is 2.94. The molecular formula is C16H28N2O4. The Hall–Kier alpha value is -1.59. The minimum Gasteiger partial charge on any atom is -0.480 e. The fourth-order valence-electron chi connectivity index (χ4n) is 3.11. The van der Waals surface area contributed by atoms with Crippen molar-refractivity contribution in [2.24, 2.45) is 11.8 Å². The molecule has 1 fully saturated rings. The van der Waals surface area contributed by atoms with Crippen molar-refractivity contribution in [1.82, 2.24) is 10.2 Å². The van der Waals surface area contributed by atoms with Crippen LogP contribution in [0, 0.1) is 11.8 Å². The van der Waals surface area contributed by atoms with Gasteiger partial charge in [-0.05, 0) is 19.3 Å². The Morgan fingerprint density at radius 3 is 2.32 bits per heavy atom. The number of carboxylic acid groups (broad SMARTS) is 1. The Kier molecular flexibility index (Phi) is 7.35. The van der Waals surface area contributed by atoms with Crippen LogP contribution in [0.4, 0.5) is 0 Å². The molecule has 1 aliphatic rings. The maximum atomic E-state index is 12.6. The normalized spacial score (nSPS) is 17.8. The summed E-state index contributed by atoms with van der Waals surface area (Å²) in [5, 5.41) is 11.8. The summed E-state index contributed by atoms with van der Waals surface area (Å²) < 4.78 is 0. The SMILES string of the molecule is CC(=O)NCCN(C(=O)C(C)CC1CCCC1)C(C)C(=O)O. The van der Waals surface area contributed by atoms with E-state index in [1.165, 1.54) is 31.6 Å². The second-order valence-corrected chi connectivity index (χ2v) is 6.32. The van der Waals surface area contributed by atoms with Gasteiger partial charge in [0.2, 0.25) is 11.8 Å². The number of aliphatic carboxylic acids is 1. The molecule has 0 saturated heterocycles. The number of hydrogen-bond acceptors (Lipinski definition) is 3. The van der Waals surface area contributed by atoms with E-state index in [0.29, 0.717) is 5.92 Å². The number of hydrogen-bond donors (Lipinski definition) is 2. The van der Waals surface area contributed by atoms with Crippen molar-refractivity contribution >= 4 is 17.8 Å². The molecule has 1 aliphatic carbocycles. The molecule has 1 rings (SSSR count). The Bertz CT molecular complexity index is 405. The number of nitrogens with one attached hydrogen (secondary N) is 1. The summed E-state index contributed by atoms with van der Waals surface area (Å²) in [6.45, 7) is 5.28. The van der Waals surface area contributed by atoms with E-state index in [1.807, 2.05) is 6.92 Å². The van der Waals surface area contributed by atoms with Gasteiger partial charge >= 0.3 is 5.97 Å². The molecule has 2 unspecified atom stereocenters. The molecule has 2 atom stereocenters. The van der Waals surface area contributed by atoms with Gasteiger partial charge in [-0.25, -0.2) is 4.79 Å². The third kappa shape index (κ3) is 5.66. The van der Waals surface area contributed by atoms with Gasteiger partial charge in [-0.1, -0.05) is 32.6 Å². The highest BCUT2D eigenvalue weighted by atomic mass is 16.4. The summed E-state index contributed by atoms with van der Waals surface area (Å²) in [5.74, 6) is -0.940. The largest absolute Gasteiger partial charge is 0.480 e. The quantitative estimate of drug-likeness (QED) is 0.713. The van der Waals surface area contributed by atoms with E-state index in [-0.39, 0.29) is 30.8 Å². The topological polar surface area (TPSA) is 86.7 Å². The van der Waals surface area contributed by atoms with Gasteiger partial charge < -0.3 is 15.3 Å². The molecule has 6 nitrogen and oxygen atoms in total. The zero-order valence-electron chi connectivity index (χ0n) is 13.8. The minimum atomic E-state index is -1.02. The Labute approximate surface area is 132 Å². The molecule has 0 aromatic heterocycles. The second kappa shape index (κ2) is 8.76. The van der Waals surface area contributed by atoms with Crippen LogP contribution in [0.25, 0.3) is 0 Å². The van der Waals surface area contributed by atoms with Gasteiger partial charge in [0.25, 0.3) is 0 Å². The van der Waals surface area contributed by atoms with Crippen LogP contribution in [0.1, 0.15) is 52.9 Å². The summed E-state index contributed by atoms with van der Waals surface area (Å²) in [4.78, 5) is 36.1. The molecule has 0 heterocycles. The van der Waals surface area contributed by atoms with E-state index >= 15 is 0 Å². The predicted molar refractivity (Wildman–Crippen MR) is 83.2 cm³/mol. The van der Waals surface area contributed by atoms with Crippen LogP contribution in [-0.2, 0) is 14.4 Å². The summed E-state index contributed by atoms with van der Waals surface area (Å²) in [7, 11) is 0. The van der Waals surface area contributed by atoms with Crippen molar-refractivity contribution in [3.8, 4) is 0 Å². The summed E-state index contributed by atoms with van der Waals surface area (Å²) in [6, 6.07) is -0.882. The van der Waals surface area contributed by atoms with Crippen molar-refractivity contribution in [1.29, 1.82) is 0 Å². The van der Waals surface area contributed by atoms with Crippen molar-refractivity contribution in [3.05, 3.63) is 0 Å². The van der Waals surface area contributed by atoms with Crippen LogP contribution in [0.5, 0.6) is 0 Å². The van der Waals surface area contributed by atoms with E-state index in [1.54, 1.807) is 0 Å². The zero-order chi connectivity index (χ0) is 16.7. The third-order valence-electron chi connectivity index (χ3n) is 4.42. The van der Waals surface area contributed by atoms with Gasteiger partial charge in [-0.3, -0.25) is 9.59 Å². The Morgan fingerprint density at radius 2 is 1.82 bits per heavy atom. The molecule has 0 aromatic rings. The van der Waals surface area contributed by atoms with Gasteiger partial charge in [0, 0.05) is 25.9 Å². The van der Waals surface area contributed by atoms with Gasteiger partial charge in [0.05, 0.1) is 0 Å². The van der Waals surface area contributed by atoms with Gasteiger partial charge in [-0.15, -0.1) is 0 Å². The van der Waals surface area contributed by atoms with Gasteiger partial charge in [0.1, 0.15) is 6.04 Å². The average molecular weight is 312 g/mol. The van der Waals surface area contributed by atoms with E-state index in [2.05, 4.69) is 5.32 Å². The summed E-state index contributed by atoms with van der Waals surface area (Å²) in [5.41, 5.74) is 0. The zero-order valence-corrected chi connectivity index (χ0v) is 13.8. The molecule has 0 aliphatic heterocycles. The molecule has 0 spiro atoms. The smallest absolute Gasteiger partial charge is 0.326 e. The fourth-order valence-corrected chi connectivity index (χ4v) is 3.11. The highest BCUT2D eigenvalue weighted by molar-refractivity contribution is 5.84. The van der Waals surface area contributed by atoms with Crippen molar-refractivity contribution in [3.63, 3.8) is 0 Å². The summed E-state index contributed by atoms with van der Waals surface area (Å²) in [6.07, 6.45) is 5.60. The molecule has 0 aromatic carbocycles. The standard InChI is InChI=1S/C16H28N2O4/c1-11(10-14-6-4-5-7-14)15(20)18(12(2)16(21)22)9-8-17-13(3)19/h11-12,14H,4-10H2,1-3H3,(H,17,19)(H,21,22). The monoisotopic (exact) mass is 312 g/mol. The van der Waals surface area contributed by atoms with Crippen molar-refractivity contribution < 1.29 is 19.5 Å². The fraction of sp³-hybridized carbons (Fsp3) is 0.812. The van der Waals surface area contributed by atoms with Crippen LogP contribution in [0.15, 0.2) is 0 Å². The van der Waals surface area contributed by atoms with Gasteiger partial charge in [-0.2, -0.15) is 0 Å². The number of carboxylic acids is 1. The molecular weight excluding hydrogens is 284 g/mol. The van der Waals surface area contributed by atoms with E-state index in [9.17, 15) is 19.5 Å². The van der Waals surface area contributed by atoms with E-state index in [4.69, 9.17) is 0 Å². The molecule has 126 valence electrons. The van der Waals surface area contributed by atoms with Crippen LogP contribution in [-0.4, -0.2) is 46.9 Å². The number of carbonyl (C=O) groups excluding carboxylic acids is 2. The second-order valence-electron chi connectivity index (χ2n) is 6.32. The summed E-state index contributed by atoms with van der Waals surface area (Å²) >= 11 is 0. The highest BCUT2D eigenvalue weighted by Gasteiger charge is 2.30. The maximum Gasteiger partial charge on any atom is 0.326 e. The number of carbonyl (C=O) groups is 3. The Morgan fingerprint density at radius 1 is 1.23 bits per heavy atom. The molecule has 0 radical (unpaired) electrons. The number of amides is 2. The lowest BCUT2D eigenvalue weighted by molar-refractivity contribution is -0.151. The van der Waals surface area contributed by atoms with Crippen LogP contribution in [0.3, 0.4) is 0 Å². The number of rotatable bonds is 8. The first-order valence-electron chi connectivity index (χ1n) is 8.10. The first kappa shape index (κ1) is 18.5. The van der Waals surface area contributed by atoms with Crippen molar-refractivity contribution in [2.45, 2.75) is 58.9 Å². The molecule has 2 N–H and O–H groups in total. The van der Waals surface area contributed by atoms with Crippen LogP contribution < -0.4 is 5.32 Å². The molecule has 1 saturated carbocycles. The van der Waals surface area contributed by atoms with Crippen LogP contribution in [0.2, 0.25) is 0 Å². The third-order valence-corrected chi connectivity index (χ3v) is 4.42. The van der Waals surface area contributed by atoms with Gasteiger partial charge in [0.15, 0.2) is 0 Å². The van der Waals surface area contributed by atoms with Crippen molar-refractivity contribution in [2.75, 3.05) is 13.1 Å². The predicted octanol–water partition coefficient (Wildman–Crippen LogP) is 1.64. The number of nitrogens with zero attached hydrogens (tertiary/aromatic N) is 1. The Balaban J connectivity index is 2.63. The lowest BCUT2D eigenvalue weighted by atomic mass is 9.93. The van der Waals surface area contributed by atoms with E-state index in [0.717, 1.165) is 19.3 Å². The first-order chi connectivity index (χ1) is 10.3. The molecule has 6 heteroatoms. The van der Waals surface area contributed by atoms with E-state index < -0.39 is 12.0 Å².